The van der Waals surface area contributed by atoms with Gasteiger partial charge in [0.05, 0.1) is 19.8 Å². The van der Waals surface area contributed by atoms with Crippen LogP contribution in [0.15, 0.2) is 95.9 Å². The molecule has 2 aliphatic rings. The first-order valence-electron chi connectivity index (χ1n) is 11.3. The number of benzene rings is 3. The van der Waals surface area contributed by atoms with Crippen molar-refractivity contribution in [3.05, 3.63) is 102 Å². The van der Waals surface area contributed by atoms with Gasteiger partial charge in [0.2, 0.25) is 0 Å². The van der Waals surface area contributed by atoms with Crippen LogP contribution < -0.4 is 0 Å². The van der Waals surface area contributed by atoms with Crippen LogP contribution in [0.1, 0.15) is 17.4 Å². The minimum absolute atomic E-state index is 0.109. The summed E-state index contributed by atoms with van der Waals surface area (Å²) in [4.78, 5) is 0.944. The van der Waals surface area contributed by atoms with E-state index in [0.717, 1.165) is 16.0 Å². The van der Waals surface area contributed by atoms with Gasteiger partial charge in [-0.15, -0.1) is 0 Å². The Morgan fingerprint density at radius 2 is 1.56 bits per heavy atom. The number of thioether (sulfide) groups is 1. The van der Waals surface area contributed by atoms with Crippen molar-refractivity contribution in [2.45, 2.75) is 47.1 Å². The molecule has 3 aromatic rings. The first-order chi connectivity index (χ1) is 16.7. The molecule has 0 saturated carbocycles. The van der Waals surface area contributed by atoms with Gasteiger partial charge in [0.1, 0.15) is 29.3 Å². The summed E-state index contributed by atoms with van der Waals surface area (Å²) in [5, 5.41) is 21.9. The summed E-state index contributed by atoms with van der Waals surface area (Å²) in [7, 11) is 0. The highest BCUT2D eigenvalue weighted by Gasteiger charge is 2.59. The topological polar surface area (TPSA) is 77.4 Å². The number of aliphatic hydroxyl groups excluding tert-OH is 2. The van der Waals surface area contributed by atoms with Gasteiger partial charge in [-0.3, -0.25) is 0 Å². The largest absolute Gasteiger partial charge is 0.393 e. The SMILES string of the molecule is OC[C@@]12COC(c3ccccc3)O[C@H]1[C@H](OCc1ccccc1)[C@@H](O)[C@H](Sc1ccccc1)O2. The van der Waals surface area contributed by atoms with Gasteiger partial charge in [-0.05, 0) is 17.7 Å². The minimum Gasteiger partial charge on any atom is -0.393 e. The number of hydrogen-bond acceptors (Lipinski definition) is 7. The molecule has 0 amide bonds. The molecular weight excluding hydrogens is 452 g/mol. The average Bonchev–Trinajstić information content (AvgIpc) is 2.90. The summed E-state index contributed by atoms with van der Waals surface area (Å²) in [6.45, 7) is 0.0734. The maximum Gasteiger partial charge on any atom is 0.184 e. The van der Waals surface area contributed by atoms with Crippen LogP contribution in [0.3, 0.4) is 0 Å². The molecule has 2 heterocycles. The normalized spacial score (nSPS) is 31.1. The molecule has 34 heavy (non-hydrogen) atoms. The number of aliphatic hydroxyl groups is 2. The Morgan fingerprint density at radius 1 is 0.912 bits per heavy atom. The lowest BCUT2D eigenvalue weighted by Gasteiger charge is -2.54. The lowest BCUT2D eigenvalue weighted by atomic mass is 9.87. The van der Waals surface area contributed by atoms with Crippen molar-refractivity contribution in [3.8, 4) is 0 Å². The van der Waals surface area contributed by atoms with E-state index in [1.54, 1.807) is 0 Å². The second kappa shape index (κ2) is 10.6. The van der Waals surface area contributed by atoms with Crippen molar-refractivity contribution in [2.24, 2.45) is 0 Å². The third-order valence-corrected chi connectivity index (χ3v) is 7.30. The summed E-state index contributed by atoms with van der Waals surface area (Å²) < 4.78 is 25.0. The lowest BCUT2D eigenvalue weighted by molar-refractivity contribution is -0.366. The first-order valence-corrected chi connectivity index (χ1v) is 12.2. The predicted octanol–water partition coefficient (Wildman–Crippen LogP) is 3.93. The molecule has 3 aromatic carbocycles. The van der Waals surface area contributed by atoms with Crippen molar-refractivity contribution >= 4 is 11.8 Å². The Hall–Kier alpha value is -2.23. The minimum atomic E-state index is -1.17. The van der Waals surface area contributed by atoms with Crippen molar-refractivity contribution in [2.75, 3.05) is 13.2 Å². The van der Waals surface area contributed by atoms with E-state index < -0.39 is 35.6 Å². The molecule has 0 radical (unpaired) electrons. The van der Waals surface area contributed by atoms with Gasteiger partial charge in [0.25, 0.3) is 0 Å². The molecule has 0 spiro atoms. The number of fused-ring (bicyclic) bond motifs is 1. The molecule has 178 valence electrons. The van der Waals surface area contributed by atoms with Crippen molar-refractivity contribution in [3.63, 3.8) is 0 Å². The third-order valence-electron chi connectivity index (χ3n) is 6.15. The Labute approximate surface area is 203 Å². The van der Waals surface area contributed by atoms with Crippen molar-refractivity contribution in [1.29, 1.82) is 0 Å². The van der Waals surface area contributed by atoms with Crippen LogP contribution in [0.4, 0.5) is 0 Å². The Morgan fingerprint density at radius 3 is 2.24 bits per heavy atom. The van der Waals surface area contributed by atoms with Gasteiger partial charge in [-0.25, -0.2) is 0 Å². The van der Waals surface area contributed by atoms with E-state index in [4.69, 9.17) is 18.9 Å². The summed E-state index contributed by atoms with van der Waals surface area (Å²) in [5.41, 5.74) is -0.00826. The molecule has 2 aliphatic heterocycles. The van der Waals surface area contributed by atoms with E-state index in [0.29, 0.717) is 6.61 Å². The highest BCUT2D eigenvalue weighted by atomic mass is 32.2. The number of hydrogen-bond donors (Lipinski definition) is 2. The highest BCUT2D eigenvalue weighted by molar-refractivity contribution is 7.99. The van der Waals surface area contributed by atoms with Gasteiger partial charge < -0.3 is 29.2 Å². The number of ether oxygens (including phenoxy) is 4. The molecular formula is C27H28O6S. The quantitative estimate of drug-likeness (QED) is 0.531. The molecule has 2 fully saturated rings. The second-order valence-electron chi connectivity index (χ2n) is 8.50. The van der Waals surface area contributed by atoms with Crippen LogP contribution >= 0.6 is 11.8 Å². The molecule has 6 nitrogen and oxygen atoms in total. The molecule has 2 N–H and O–H groups in total. The fraction of sp³-hybridized carbons (Fsp3) is 0.333. The maximum atomic E-state index is 11.4. The van der Waals surface area contributed by atoms with Gasteiger partial charge in [0.15, 0.2) is 6.29 Å². The molecule has 2 saturated heterocycles. The van der Waals surface area contributed by atoms with E-state index in [2.05, 4.69) is 0 Å². The fourth-order valence-electron chi connectivity index (χ4n) is 4.35. The van der Waals surface area contributed by atoms with Gasteiger partial charge in [0, 0.05) is 10.5 Å². The van der Waals surface area contributed by atoms with E-state index in [-0.39, 0.29) is 13.2 Å². The Balaban J connectivity index is 1.43. The highest BCUT2D eigenvalue weighted by Crippen LogP contribution is 2.45. The monoisotopic (exact) mass is 480 g/mol. The van der Waals surface area contributed by atoms with Crippen LogP contribution in [-0.4, -0.2) is 52.8 Å². The Kier molecular flexibility index (Phi) is 7.32. The second-order valence-corrected chi connectivity index (χ2v) is 9.67. The van der Waals surface area contributed by atoms with Crippen molar-refractivity contribution in [1.82, 2.24) is 0 Å². The van der Waals surface area contributed by atoms with E-state index >= 15 is 0 Å². The molecule has 7 heteroatoms. The summed E-state index contributed by atoms with van der Waals surface area (Å²) in [5.74, 6) is 0. The molecule has 0 aliphatic carbocycles. The molecule has 0 aromatic heterocycles. The molecule has 0 bridgehead atoms. The summed E-state index contributed by atoms with van der Waals surface area (Å²) in [6, 6.07) is 29.1. The van der Waals surface area contributed by atoms with Crippen LogP contribution in [0.5, 0.6) is 0 Å². The van der Waals surface area contributed by atoms with Gasteiger partial charge >= 0.3 is 0 Å². The summed E-state index contributed by atoms with van der Waals surface area (Å²) >= 11 is 1.39. The fourth-order valence-corrected chi connectivity index (χ4v) is 5.46. The zero-order valence-corrected chi connectivity index (χ0v) is 19.4. The number of rotatable bonds is 7. The van der Waals surface area contributed by atoms with Crippen LogP contribution in [0.25, 0.3) is 0 Å². The van der Waals surface area contributed by atoms with Gasteiger partial charge in [-0.1, -0.05) is 90.6 Å². The zero-order chi connectivity index (χ0) is 23.4. The first kappa shape index (κ1) is 23.5. The van der Waals surface area contributed by atoms with Gasteiger partial charge in [-0.2, -0.15) is 0 Å². The summed E-state index contributed by atoms with van der Waals surface area (Å²) in [6.07, 6.45) is -3.11. The molecule has 5 rings (SSSR count). The van der Waals surface area contributed by atoms with Crippen LogP contribution in [0, 0.1) is 0 Å². The van der Waals surface area contributed by atoms with E-state index in [1.165, 1.54) is 11.8 Å². The predicted molar refractivity (Wildman–Crippen MR) is 128 cm³/mol. The van der Waals surface area contributed by atoms with E-state index in [9.17, 15) is 10.2 Å². The van der Waals surface area contributed by atoms with Crippen molar-refractivity contribution < 1.29 is 29.2 Å². The average molecular weight is 481 g/mol. The third kappa shape index (κ3) is 4.92. The molecule has 1 unspecified atom stereocenters. The van der Waals surface area contributed by atoms with Crippen LogP contribution in [-0.2, 0) is 25.6 Å². The maximum absolute atomic E-state index is 11.4. The smallest absolute Gasteiger partial charge is 0.184 e. The van der Waals surface area contributed by atoms with Crippen LogP contribution in [0.2, 0.25) is 0 Å². The standard InChI is InChI=1S/C27H28O6S/c28-17-27-18-31-25(20-12-6-2-7-13-20)32-24(27)23(30-16-19-10-4-1-5-11-19)22(29)26(33-27)34-21-14-8-3-9-15-21/h1-15,22-26,28-29H,16-18H2/t22-,23-,24+,25?,26+,27-/m1/s1. The Bertz CT molecular complexity index is 1040. The zero-order valence-electron chi connectivity index (χ0n) is 18.6. The van der Waals surface area contributed by atoms with E-state index in [1.807, 2.05) is 91.0 Å². The lowest BCUT2D eigenvalue weighted by Crippen LogP contribution is -2.70. The molecule has 6 atom stereocenters.